The van der Waals surface area contributed by atoms with Gasteiger partial charge < -0.3 is 10.2 Å². The summed E-state index contributed by atoms with van der Waals surface area (Å²) in [4.78, 5) is 30.5. The van der Waals surface area contributed by atoms with Crippen LogP contribution in [0.1, 0.15) is 76.8 Å². The van der Waals surface area contributed by atoms with Crippen LogP contribution in [0.15, 0.2) is 54.6 Å². The first kappa shape index (κ1) is 27.0. The molecule has 3 aromatic rings. The van der Waals surface area contributed by atoms with E-state index in [9.17, 15) is 9.59 Å². The van der Waals surface area contributed by atoms with Crippen molar-refractivity contribution in [2.75, 3.05) is 18.4 Å². The van der Waals surface area contributed by atoms with Crippen molar-refractivity contribution in [1.82, 2.24) is 4.90 Å². The Balaban J connectivity index is 1.37. The third-order valence-corrected chi connectivity index (χ3v) is 9.69. The third kappa shape index (κ3) is 6.00. The highest BCUT2D eigenvalue weighted by Gasteiger charge is 2.36. The number of fused-ring (bicyclic) bond motifs is 1. The molecule has 0 radical (unpaired) electrons. The van der Waals surface area contributed by atoms with Gasteiger partial charge in [-0.2, -0.15) is 0 Å². The molecule has 6 heteroatoms. The number of anilines is 1. The highest BCUT2D eigenvalue weighted by atomic mass is 35.5. The highest BCUT2D eigenvalue weighted by Crippen LogP contribution is 2.45. The number of carbonyl (C=O) groups is 2. The Morgan fingerprint density at radius 1 is 1.03 bits per heavy atom. The van der Waals surface area contributed by atoms with E-state index >= 15 is 0 Å². The predicted octanol–water partition coefficient (Wildman–Crippen LogP) is 7.90. The number of piperidine rings is 1. The van der Waals surface area contributed by atoms with E-state index in [1.54, 1.807) is 35.6 Å². The lowest BCUT2D eigenvalue weighted by Crippen LogP contribution is -2.39. The summed E-state index contributed by atoms with van der Waals surface area (Å²) in [6, 6.07) is 17.6. The van der Waals surface area contributed by atoms with Gasteiger partial charge in [0.25, 0.3) is 11.8 Å². The normalized spacial score (nSPS) is 18.2. The molecular formula is C32H37ClN2O2S. The molecule has 200 valence electrons. The molecule has 1 fully saturated rings. The summed E-state index contributed by atoms with van der Waals surface area (Å²) in [7, 11) is 0. The van der Waals surface area contributed by atoms with Crippen LogP contribution in [-0.2, 0) is 19.3 Å². The van der Waals surface area contributed by atoms with E-state index < -0.39 is 0 Å². The van der Waals surface area contributed by atoms with Crippen molar-refractivity contribution in [2.24, 2.45) is 17.3 Å². The fraction of sp³-hybridized carbons (Fsp3) is 0.438. The van der Waals surface area contributed by atoms with Gasteiger partial charge in [-0.15, -0.1) is 11.3 Å². The van der Waals surface area contributed by atoms with E-state index in [-0.39, 0.29) is 17.2 Å². The van der Waals surface area contributed by atoms with E-state index in [0.29, 0.717) is 33.0 Å². The average molecular weight is 549 g/mol. The number of likely N-dealkylation sites (tertiary alicyclic amines) is 1. The molecule has 2 aromatic carbocycles. The summed E-state index contributed by atoms with van der Waals surface area (Å²) >= 11 is 7.73. The maximum absolute atomic E-state index is 14.0. The van der Waals surface area contributed by atoms with Gasteiger partial charge in [0.15, 0.2) is 0 Å². The minimum absolute atomic E-state index is 0.0660. The minimum Gasteiger partial charge on any atom is -0.339 e. The molecule has 2 heterocycles. The van der Waals surface area contributed by atoms with Gasteiger partial charge in [-0.05, 0) is 85.1 Å². The van der Waals surface area contributed by atoms with Crippen molar-refractivity contribution in [3.05, 3.63) is 86.8 Å². The van der Waals surface area contributed by atoms with Crippen LogP contribution >= 0.6 is 22.9 Å². The molecule has 0 bridgehead atoms. The molecule has 1 saturated heterocycles. The lowest BCUT2D eigenvalue weighted by atomic mass is 9.72. The third-order valence-electron chi connectivity index (χ3n) is 8.29. The number of thiophene rings is 1. The Bertz CT molecular complexity index is 1300. The van der Waals surface area contributed by atoms with E-state index in [0.717, 1.165) is 57.2 Å². The first-order valence-corrected chi connectivity index (χ1v) is 14.9. The summed E-state index contributed by atoms with van der Waals surface area (Å²) < 4.78 is 0. The minimum atomic E-state index is -0.228. The second kappa shape index (κ2) is 11.2. The highest BCUT2D eigenvalue weighted by molar-refractivity contribution is 7.17. The monoisotopic (exact) mass is 548 g/mol. The van der Waals surface area contributed by atoms with Gasteiger partial charge in [-0.25, -0.2) is 0 Å². The summed E-state index contributed by atoms with van der Waals surface area (Å²) in [6.45, 7) is 8.40. The second-order valence-corrected chi connectivity index (χ2v) is 13.4. The molecule has 1 N–H and O–H groups in total. The number of nitrogens with zero attached hydrogens (tertiary/aromatic N) is 1. The Labute approximate surface area is 235 Å². The number of halogens is 1. The van der Waals surface area contributed by atoms with Crippen molar-refractivity contribution in [3.63, 3.8) is 0 Å². The van der Waals surface area contributed by atoms with E-state index in [1.807, 2.05) is 4.90 Å². The summed E-state index contributed by atoms with van der Waals surface area (Å²) in [5, 5.41) is 4.31. The van der Waals surface area contributed by atoms with Gasteiger partial charge in [-0.1, -0.05) is 68.8 Å². The quantitative estimate of drug-likeness (QED) is 0.352. The van der Waals surface area contributed by atoms with Crippen LogP contribution in [0, 0.1) is 17.3 Å². The van der Waals surface area contributed by atoms with Crippen molar-refractivity contribution < 1.29 is 9.59 Å². The Morgan fingerprint density at radius 3 is 2.45 bits per heavy atom. The van der Waals surface area contributed by atoms with Gasteiger partial charge in [0.2, 0.25) is 0 Å². The molecule has 1 atom stereocenters. The van der Waals surface area contributed by atoms with Crippen LogP contribution in [0.25, 0.3) is 0 Å². The summed E-state index contributed by atoms with van der Waals surface area (Å²) in [5.74, 6) is 0.986. The largest absolute Gasteiger partial charge is 0.339 e. The second-order valence-electron chi connectivity index (χ2n) is 11.9. The molecule has 1 aromatic heterocycles. The maximum atomic E-state index is 14.0. The zero-order valence-corrected chi connectivity index (χ0v) is 24.1. The number of rotatable bonds is 5. The lowest BCUT2D eigenvalue weighted by molar-refractivity contribution is 0.0690. The summed E-state index contributed by atoms with van der Waals surface area (Å²) in [6.07, 6.45) is 5.97. The zero-order valence-electron chi connectivity index (χ0n) is 22.6. The molecule has 2 aliphatic rings. The molecular weight excluding hydrogens is 512 g/mol. The van der Waals surface area contributed by atoms with Crippen LogP contribution in [-0.4, -0.2) is 29.8 Å². The van der Waals surface area contributed by atoms with Gasteiger partial charge >= 0.3 is 0 Å². The average Bonchev–Trinajstić information content (AvgIpc) is 3.26. The lowest BCUT2D eigenvalue weighted by Gasteiger charge is -2.35. The topological polar surface area (TPSA) is 49.4 Å². The number of carbonyl (C=O) groups excluding carboxylic acids is 2. The number of benzene rings is 2. The Hall–Kier alpha value is -2.63. The molecule has 38 heavy (non-hydrogen) atoms. The number of hydrogen-bond donors (Lipinski definition) is 1. The van der Waals surface area contributed by atoms with Gasteiger partial charge in [0.1, 0.15) is 5.00 Å². The molecule has 0 saturated carbocycles. The molecule has 1 aliphatic heterocycles. The molecule has 0 spiro atoms. The standard InChI is InChI=1S/C32H37ClN2O2S/c1-32(2,3)24-12-13-26-27(20-24)38-30(34-29(36)23-10-7-11-25(33)19-23)28(26)31(37)35-16-14-22(15-17-35)18-21-8-5-4-6-9-21/h4-11,19,22,24H,12-18,20H2,1-3H3,(H,34,36). The molecule has 4 nitrogen and oxygen atoms in total. The molecule has 5 rings (SSSR count). The molecule has 1 aliphatic carbocycles. The van der Waals surface area contributed by atoms with Crippen LogP contribution < -0.4 is 5.32 Å². The van der Waals surface area contributed by atoms with Crippen molar-refractivity contribution >= 4 is 39.8 Å². The Morgan fingerprint density at radius 2 is 1.76 bits per heavy atom. The van der Waals surface area contributed by atoms with Gasteiger partial charge in [0.05, 0.1) is 5.56 Å². The van der Waals surface area contributed by atoms with Crippen LogP contribution in [0.5, 0.6) is 0 Å². The number of hydrogen-bond acceptors (Lipinski definition) is 3. The fourth-order valence-electron chi connectivity index (χ4n) is 5.89. The van der Waals surface area contributed by atoms with Crippen LogP contribution in [0.2, 0.25) is 5.02 Å². The van der Waals surface area contributed by atoms with E-state index in [1.165, 1.54) is 10.4 Å². The van der Waals surface area contributed by atoms with Crippen molar-refractivity contribution in [2.45, 2.75) is 59.3 Å². The van der Waals surface area contributed by atoms with E-state index in [4.69, 9.17) is 11.6 Å². The SMILES string of the molecule is CC(C)(C)C1CCc2c(sc(NC(=O)c3cccc(Cl)c3)c2C(=O)N2CCC(Cc3ccccc3)CC2)C1. The first-order valence-electron chi connectivity index (χ1n) is 13.7. The fourth-order valence-corrected chi connectivity index (χ4v) is 7.39. The van der Waals surface area contributed by atoms with Crippen molar-refractivity contribution in [3.8, 4) is 0 Å². The van der Waals surface area contributed by atoms with E-state index in [2.05, 4.69) is 56.4 Å². The number of amides is 2. The number of nitrogens with one attached hydrogen (secondary N) is 1. The smallest absolute Gasteiger partial charge is 0.257 e. The first-order chi connectivity index (χ1) is 18.2. The maximum Gasteiger partial charge on any atom is 0.257 e. The van der Waals surface area contributed by atoms with Gasteiger partial charge in [0, 0.05) is 28.6 Å². The molecule has 2 amide bonds. The van der Waals surface area contributed by atoms with Crippen LogP contribution in [0.3, 0.4) is 0 Å². The predicted molar refractivity (Wildman–Crippen MR) is 157 cm³/mol. The molecule has 1 unspecified atom stereocenters. The zero-order chi connectivity index (χ0) is 26.9. The van der Waals surface area contributed by atoms with Crippen molar-refractivity contribution in [1.29, 1.82) is 0 Å². The Kier molecular flexibility index (Phi) is 7.97. The van der Waals surface area contributed by atoms with Crippen LogP contribution in [0.4, 0.5) is 5.00 Å². The van der Waals surface area contributed by atoms with Gasteiger partial charge in [-0.3, -0.25) is 9.59 Å². The summed E-state index contributed by atoms with van der Waals surface area (Å²) in [5.41, 5.74) is 3.93.